The molecule has 1 aromatic carbocycles. The molecular weight excluding hydrogens is 245 g/mol. The molecule has 1 aromatic rings. The number of amides is 1. The van der Waals surface area contributed by atoms with E-state index in [1.807, 2.05) is 0 Å². The molecule has 0 heterocycles. The second kappa shape index (κ2) is 5.86. The zero-order chi connectivity index (χ0) is 13.8. The van der Waals surface area contributed by atoms with Crippen molar-refractivity contribution in [1.29, 1.82) is 0 Å². The first-order chi connectivity index (χ1) is 8.32. The molecule has 0 aliphatic heterocycles. The summed E-state index contributed by atoms with van der Waals surface area (Å²) >= 11 is 0. The minimum absolute atomic E-state index is 0.0441. The van der Waals surface area contributed by atoms with Crippen molar-refractivity contribution in [2.75, 3.05) is 6.54 Å². The van der Waals surface area contributed by atoms with Gasteiger partial charge in [0.05, 0.1) is 12.0 Å². The van der Waals surface area contributed by atoms with Gasteiger partial charge in [-0.05, 0) is 24.6 Å². The van der Waals surface area contributed by atoms with Crippen molar-refractivity contribution in [2.45, 2.75) is 25.6 Å². The Hall–Kier alpha value is -1.56. The Morgan fingerprint density at radius 1 is 1.33 bits per heavy atom. The Kier molecular flexibility index (Phi) is 4.72. The molecule has 1 amide bonds. The van der Waals surface area contributed by atoms with Crippen LogP contribution in [-0.4, -0.2) is 18.5 Å². The van der Waals surface area contributed by atoms with Gasteiger partial charge in [-0.3, -0.25) is 4.79 Å². The highest BCUT2D eigenvalue weighted by molar-refractivity contribution is 5.78. The van der Waals surface area contributed by atoms with E-state index in [1.165, 1.54) is 12.1 Å². The van der Waals surface area contributed by atoms with E-state index >= 15 is 0 Å². The molecule has 0 aromatic heterocycles. The Balaban J connectivity index is 2.61. The van der Waals surface area contributed by atoms with Crippen LogP contribution in [0.5, 0.6) is 0 Å². The third kappa shape index (κ3) is 4.37. The second-order valence-corrected chi connectivity index (χ2v) is 4.08. The maximum absolute atomic E-state index is 12.3. The SMILES string of the molecule is CC(CN)NC(=O)Cc1ccc(C(F)(F)F)cc1. The molecule has 0 radical (unpaired) electrons. The van der Waals surface area contributed by atoms with E-state index in [-0.39, 0.29) is 18.4 Å². The van der Waals surface area contributed by atoms with E-state index in [2.05, 4.69) is 5.32 Å². The van der Waals surface area contributed by atoms with Gasteiger partial charge >= 0.3 is 6.18 Å². The molecule has 18 heavy (non-hydrogen) atoms. The third-order valence-electron chi connectivity index (χ3n) is 2.41. The molecule has 0 fully saturated rings. The summed E-state index contributed by atoms with van der Waals surface area (Å²) in [6.45, 7) is 2.07. The van der Waals surface area contributed by atoms with Crippen molar-refractivity contribution < 1.29 is 18.0 Å². The van der Waals surface area contributed by atoms with E-state index in [9.17, 15) is 18.0 Å². The number of hydrogen-bond acceptors (Lipinski definition) is 2. The van der Waals surface area contributed by atoms with Crippen molar-refractivity contribution in [3.05, 3.63) is 35.4 Å². The average molecular weight is 260 g/mol. The van der Waals surface area contributed by atoms with Gasteiger partial charge in [0.25, 0.3) is 0 Å². The smallest absolute Gasteiger partial charge is 0.352 e. The number of carbonyl (C=O) groups excluding carboxylic acids is 1. The van der Waals surface area contributed by atoms with Crippen molar-refractivity contribution in [3.8, 4) is 0 Å². The maximum Gasteiger partial charge on any atom is 0.416 e. The van der Waals surface area contributed by atoms with Crippen LogP contribution in [0.25, 0.3) is 0 Å². The number of rotatable bonds is 4. The Morgan fingerprint density at radius 2 is 1.89 bits per heavy atom. The number of nitrogens with two attached hydrogens (primary N) is 1. The average Bonchev–Trinajstić information content (AvgIpc) is 2.28. The zero-order valence-electron chi connectivity index (χ0n) is 9.92. The highest BCUT2D eigenvalue weighted by Gasteiger charge is 2.29. The van der Waals surface area contributed by atoms with Gasteiger partial charge in [-0.1, -0.05) is 12.1 Å². The molecule has 1 atom stereocenters. The first-order valence-electron chi connectivity index (χ1n) is 5.48. The fourth-order valence-electron chi connectivity index (χ4n) is 1.38. The summed E-state index contributed by atoms with van der Waals surface area (Å²) in [5.74, 6) is -0.257. The summed E-state index contributed by atoms with van der Waals surface area (Å²) in [4.78, 5) is 11.5. The van der Waals surface area contributed by atoms with E-state index in [0.29, 0.717) is 12.1 Å². The zero-order valence-corrected chi connectivity index (χ0v) is 9.92. The van der Waals surface area contributed by atoms with Gasteiger partial charge in [-0.15, -0.1) is 0 Å². The van der Waals surface area contributed by atoms with Gasteiger partial charge < -0.3 is 11.1 Å². The van der Waals surface area contributed by atoms with Gasteiger partial charge in [0.15, 0.2) is 0 Å². The summed E-state index contributed by atoms with van der Waals surface area (Å²) in [6.07, 6.45) is -4.31. The Labute approximate surface area is 103 Å². The van der Waals surface area contributed by atoms with E-state index in [0.717, 1.165) is 12.1 Å². The lowest BCUT2D eigenvalue weighted by Crippen LogP contribution is -2.38. The predicted octanol–water partition coefficient (Wildman–Crippen LogP) is 1.71. The van der Waals surface area contributed by atoms with Crippen LogP contribution in [0.2, 0.25) is 0 Å². The lowest BCUT2D eigenvalue weighted by Gasteiger charge is -2.11. The van der Waals surface area contributed by atoms with Crippen LogP contribution in [0.4, 0.5) is 13.2 Å². The number of hydrogen-bond donors (Lipinski definition) is 2. The molecule has 0 spiro atoms. The quantitative estimate of drug-likeness (QED) is 0.866. The second-order valence-electron chi connectivity index (χ2n) is 4.08. The number of carbonyl (C=O) groups is 1. The first kappa shape index (κ1) is 14.5. The number of halogens is 3. The predicted molar refractivity (Wildman–Crippen MR) is 61.8 cm³/mol. The van der Waals surface area contributed by atoms with Crippen LogP contribution in [0.3, 0.4) is 0 Å². The van der Waals surface area contributed by atoms with Gasteiger partial charge in [0.2, 0.25) is 5.91 Å². The van der Waals surface area contributed by atoms with E-state index in [1.54, 1.807) is 6.92 Å². The van der Waals surface area contributed by atoms with Crippen LogP contribution in [0, 0.1) is 0 Å². The van der Waals surface area contributed by atoms with Crippen LogP contribution >= 0.6 is 0 Å². The maximum atomic E-state index is 12.3. The van der Waals surface area contributed by atoms with Gasteiger partial charge in [0, 0.05) is 12.6 Å². The van der Waals surface area contributed by atoms with Crippen LogP contribution in [0.15, 0.2) is 24.3 Å². The lowest BCUT2D eigenvalue weighted by atomic mass is 10.1. The minimum Gasteiger partial charge on any atom is -0.352 e. The van der Waals surface area contributed by atoms with Crippen LogP contribution in [0.1, 0.15) is 18.1 Å². The molecule has 100 valence electrons. The fraction of sp³-hybridized carbons (Fsp3) is 0.417. The molecule has 0 aliphatic carbocycles. The summed E-state index contributed by atoms with van der Waals surface area (Å²) in [5.41, 5.74) is 5.15. The molecule has 0 saturated heterocycles. The minimum atomic E-state index is -4.35. The van der Waals surface area contributed by atoms with Crippen molar-refractivity contribution in [1.82, 2.24) is 5.32 Å². The Bertz CT molecular complexity index is 401. The first-order valence-corrected chi connectivity index (χ1v) is 5.48. The number of benzene rings is 1. The Morgan fingerprint density at radius 3 is 2.33 bits per heavy atom. The van der Waals surface area contributed by atoms with Gasteiger partial charge in [-0.25, -0.2) is 0 Å². The summed E-state index contributed by atoms with van der Waals surface area (Å²) in [5, 5.41) is 2.64. The molecular formula is C12H15F3N2O. The van der Waals surface area contributed by atoms with Gasteiger partial charge in [-0.2, -0.15) is 13.2 Å². The largest absolute Gasteiger partial charge is 0.416 e. The molecule has 0 aliphatic rings. The summed E-state index contributed by atoms with van der Waals surface area (Å²) in [7, 11) is 0. The molecule has 0 bridgehead atoms. The molecule has 3 N–H and O–H groups in total. The molecule has 1 unspecified atom stereocenters. The molecule has 6 heteroatoms. The highest BCUT2D eigenvalue weighted by atomic mass is 19.4. The van der Waals surface area contributed by atoms with Crippen molar-refractivity contribution >= 4 is 5.91 Å². The fourth-order valence-corrected chi connectivity index (χ4v) is 1.38. The van der Waals surface area contributed by atoms with Crippen LogP contribution < -0.4 is 11.1 Å². The summed E-state index contributed by atoms with van der Waals surface area (Å²) in [6, 6.07) is 4.39. The van der Waals surface area contributed by atoms with Crippen molar-refractivity contribution in [3.63, 3.8) is 0 Å². The lowest BCUT2D eigenvalue weighted by molar-refractivity contribution is -0.137. The van der Waals surface area contributed by atoms with Crippen molar-refractivity contribution in [2.24, 2.45) is 5.73 Å². The number of alkyl halides is 3. The van der Waals surface area contributed by atoms with Crippen LogP contribution in [-0.2, 0) is 17.4 Å². The van der Waals surface area contributed by atoms with E-state index < -0.39 is 11.7 Å². The summed E-state index contributed by atoms with van der Waals surface area (Å²) < 4.78 is 36.9. The van der Waals surface area contributed by atoms with Gasteiger partial charge in [0.1, 0.15) is 0 Å². The topological polar surface area (TPSA) is 55.1 Å². The highest BCUT2D eigenvalue weighted by Crippen LogP contribution is 2.29. The third-order valence-corrected chi connectivity index (χ3v) is 2.41. The van der Waals surface area contributed by atoms with E-state index in [4.69, 9.17) is 5.73 Å². The molecule has 3 nitrogen and oxygen atoms in total. The molecule has 0 saturated carbocycles. The molecule has 1 rings (SSSR count). The monoisotopic (exact) mass is 260 g/mol. The normalized spacial score (nSPS) is 13.2. The standard InChI is InChI=1S/C12H15F3N2O/c1-8(7-16)17-11(18)6-9-2-4-10(5-3-9)12(13,14)15/h2-5,8H,6-7,16H2,1H3,(H,17,18). The number of nitrogens with one attached hydrogen (secondary N) is 1.